The van der Waals surface area contributed by atoms with Gasteiger partial charge in [-0.25, -0.2) is 9.78 Å². The molecule has 1 unspecified atom stereocenters. The summed E-state index contributed by atoms with van der Waals surface area (Å²) in [5, 5.41) is 4.08. The van der Waals surface area contributed by atoms with Crippen molar-refractivity contribution in [2.24, 2.45) is 11.8 Å². The van der Waals surface area contributed by atoms with Crippen molar-refractivity contribution in [3.63, 3.8) is 0 Å². The highest BCUT2D eigenvalue weighted by Gasteiger charge is 2.35. The topological polar surface area (TPSA) is 54.5 Å². The lowest BCUT2D eigenvalue weighted by atomic mass is 9.78. The normalized spacial score (nSPS) is 26.1. The minimum Gasteiger partial charge on any atom is -0.444 e. The third kappa shape index (κ3) is 6.11. The number of hydrogen-bond donors (Lipinski definition) is 1. The average molecular weight is 506 g/mol. The van der Waals surface area contributed by atoms with Crippen molar-refractivity contribution in [2.75, 3.05) is 18.4 Å². The van der Waals surface area contributed by atoms with Crippen LogP contribution in [0.3, 0.4) is 0 Å². The Kier molecular flexibility index (Phi) is 6.77. The molecule has 0 aromatic carbocycles. The van der Waals surface area contributed by atoms with E-state index in [2.05, 4.69) is 32.9 Å². The molecule has 27 heavy (non-hydrogen) atoms. The number of rotatable bonds is 3. The van der Waals surface area contributed by atoms with Gasteiger partial charge in [0, 0.05) is 22.7 Å². The Hall–Kier alpha value is -0.760. The number of carbonyl (C=O) groups is 1. The van der Waals surface area contributed by atoms with Crippen LogP contribution in [0.5, 0.6) is 0 Å². The van der Waals surface area contributed by atoms with Gasteiger partial charge < -0.3 is 15.0 Å². The van der Waals surface area contributed by atoms with Crippen molar-refractivity contribution in [3.8, 4) is 0 Å². The molecule has 150 valence electrons. The van der Waals surface area contributed by atoms with Crippen LogP contribution in [-0.2, 0) is 4.74 Å². The van der Waals surface area contributed by atoms with Crippen LogP contribution in [0.25, 0.3) is 0 Å². The number of nitrogens with zero attached hydrogens (tertiary/aromatic N) is 2. The maximum atomic E-state index is 12.3. The maximum absolute atomic E-state index is 12.3. The van der Waals surface area contributed by atoms with Gasteiger partial charge in [-0.15, -0.1) is 0 Å². The summed E-state index contributed by atoms with van der Waals surface area (Å²) in [5.41, 5.74) is -0.426. The Labute approximate surface area is 180 Å². The standard InChI is InChI=1S/C20H29ClIN3O2/c1-20(2,3)27-19(26)25-9-8-14(12-25)13-4-6-16(7-5-13)23-18-11-15(22)10-17(21)24-18/h10-11,13-14,16H,4-9,12H2,1-3H3,(H,23,24). The Bertz CT molecular complexity index is 651. The van der Waals surface area contributed by atoms with Gasteiger partial charge >= 0.3 is 6.09 Å². The smallest absolute Gasteiger partial charge is 0.410 e. The molecule has 5 nitrogen and oxygen atoms in total. The van der Waals surface area contributed by atoms with Crippen LogP contribution in [-0.4, -0.2) is 40.7 Å². The van der Waals surface area contributed by atoms with Crippen LogP contribution in [0.2, 0.25) is 5.15 Å². The minimum absolute atomic E-state index is 0.165. The van der Waals surface area contributed by atoms with Gasteiger partial charge in [0.05, 0.1) is 0 Å². The van der Waals surface area contributed by atoms with Gasteiger partial charge in [0.2, 0.25) is 0 Å². The Balaban J connectivity index is 1.46. The van der Waals surface area contributed by atoms with E-state index < -0.39 is 5.60 Å². The first kappa shape index (κ1) is 21.0. The molecule has 0 radical (unpaired) electrons. The predicted molar refractivity (Wildman–Crippen MR) is 117 cm³/mol. The van der Waals surface area contributed by atoms with Crippen molar-refractivity contribution in [1.29, 1.82) is 0 Å². The van der Waals surface area contributed by atoms with Crippen LogP contribution < -0.4 is 5.32 Å². The molecule has 0 spiro atoms. The molecule has 2 heterocycles. The molecule has 2 fully saturated rings. The summed E-state index contributed by atoms with van der Waals surface area (Å²) in [4.78, 5) is 18.5. The second-order valence-electron chi connectivity index (χ2n) is 8.72. The number of hydrogen-bond acceptors (Lipinski definition) is 4. The SMILES string of the molecule is CC(C)(C)OC(=O)N1CCC(C2CCC(Nc3cc(I)cc(Cl)n3)CC2)C1. The number of pyridine rings is 1. The Morgan fingerprint density at radius 2 is 1.93 bits per heavy atom. The maximum Gasteiger partial charge on any atom is 0.410 e. The van der Waals surface area contributed by atoms with Gasteiger partial charge in [-0.2, -0.15) is 0 Å². The van der Waals surface area contributed by atoms with E-state index in [-0.39, 0.29) is 6.09 Å². The van der Waals surface area contributed by atoms with E-state index in [1.807, 2.05) is 37.8 Å². The Morgan fingerprint density at radius 1 is 1.22 bits per heavy atom. The van der Waals surface area contributed by atoms with E-state index in [9.17, 15) is 4.79 Å². The highest BCUT2D eigenvalue weighted by atomic mass is 127. The first-order valence-electron chi connectivity index (χ1n) is 9.77. The highest BCUT2D eigenvalue weighted by Crippen LogP contribution is 2.36. The number of anilines is 1. The fourth-order valence-corrected chi connectivity index (χ4v) is 5.13. The second-order valence-corrected chi connectivity index (χ2v) is 10.4. The monoisotopic (exact) mass is 505 g/mol. The largest absolute Gasteiger partial charge is 0.444 e. The van der Waals surface area contributed by atoms with Gasteiger partial charge in [0.1, 0.15) is 16.6 Å². The first-order valence-corrected chi connectivity index (χ1v) is 11.2. The van der Waals surface area contributed by atoms with Crippen LogP contribution >= 0.6 is 34.2 Å². The van der Waals surface area contributed by atoms with Gasteiger partial charge in [0.15, 0.2) is 0 Å². The summed E-state index contributed by atoms with van der Waals surface area (Å²) in [6.07, 6.45) is 5.60. The molecule has 1 aromatic rings. The molecule has 1 aromatic heterocycles. The van der Waals surface area contributed by atoms with E-state index in [1.54, 1.807) is 0 Å². The number of aromatic nitrogens is 1. The third-order valence-electron chi connectivity index (χ3n) is 5.43. The molecular weight excluding hydrogens is 477 g/mol. The van der Waals surface area contributed by atoms with Gasteiger partial charge in [0.25, 0.3) is 0 Å². The zero-order valence-corrected chi connectivity index (χ0v) is 19.2. The zero-order chi connectivity index (χ0) is 19.6. The molecule has 1 aliphatic heterocycles. The number of halogens is 2. The molecule has 1 saturated heterocycles. The van der Waals surface area contributed by atoms with Gasteiger partial charge in [-0.05, 0) is 99.4 Å². The van der Waals surface area contributed by atoms with E-state index in [4.69, 9.17) is 16.3 Å². The summed E-state index contributed by atoms with van der Waals surface area (Å²) in [7, 11) is 0. The van der Waals surface area contributed by atoms with Crippen LogP contribution in [0.1, 0.15) is 52.9 Å². The molecule has 0 bridgehead atoms. The fourth-order valence-electron chi connectivity index (χ4n) is 4.15. The zero-order valence-electron chi connectivity index (χ0n) is 16.3. The van der Waals surface area contributed by atoms with Crippen molar-refractivity contribution < 1.29 is 9.53 Å². The lowest BCUT2D eigenvalue weighted by Gasteiger charge is -2.33. The number of likely N-dealkylation sites (tertiary alicyclic amines) is 1. The van der Waals surface area contributed by atoms with Gasteiger partial charge in [-0.3, -0.25) is 0 Å². The number of carbonyl (C=O) groups excluding carboxylic acids is 1. The van der Waals surface area contributed by atoms with Crippen molar-refractivity contribution in [1.82, 2.24) is 9.88 Å². The average Bonchev–Trinajstić information content (AvgIpc) is 3.03. The van der Waals surface area contributed by atoms with Crippen LogP contribution in [0, 0.1) is 15.4 Å². The van der Waals surface area contributed by atoms with Crippen molar-refractivity contribution in [3.05, 3.63) is 20.9 Å². The fraction of sp³-hybridized carbons (Fsp3) is 0.700. The second kappa shape index (κ2) is 8.72. The predicted octanol–water partition coefficient (Wildman–Crippen LogP) is 5.57. The first-order chi connectivity index (χ1) is 12.7. The highest BCUT2D eigenvalue weighted by molar-refractivity contribution is 14.1. The van der Waals surface area contributed by atoms with Crippen LogP contribution in [0.15, 0.2) is 12.1 Å². The van der Waals surface area contributed by atoms with E-state index in [0.717, 1.165) is 41.7 Å². The van der Waals surface area contributed by atoms with Gasteiger partial charge in [-0.1, -0.05) is 11.6 Å². The molecule has 1 amide bonds. The van der Waals surface area contributed by atoms with E-state index in [1.165, 1.54) is 12.8 Å². The molecule has 3 rings (SSSR count). The number of amides is 1. The quantitative estimate of drug-likeness (QED) is 0.431. The summed E-state index contributed by atoms with van der Waals surface area (Å²) in [6, 6.07) is 4.35. The third-order valence-corrected chi connectivity index (χ3v) is 6.24. The lowest BCUT2D eigenvalue weighted by molar-refractivity contribution is 0.0281. The number of nitrogens with one attached hydrogen (secondary N) is 1. The van der Waals surface area contributed by atoms with Crippen LogP contribution in [0.4, 0.5) is 10.6 Å². The van der Waals surface area contributed by atoms with E-state index >= 15 is 0 Å². The van der Waals surface area contributed by atoms with E-state index in [0.29, 0.717) is 23.0 Å². The molecule has 1 atom stereocenters. The summed E-state index contributed by atoms with van der Waals surface area (Å²) >= 11 is 8.32. The molecule has 1 saturated carbocycles. The molecule has 7 heteroatoms. The molecule has 1 N–H and O–H groups in total. The summed E-state index contributed by atoms with van der Waals surface area (Å²) < 4.78 is 6.61. The summed E-state index contributed by atoms with van der Waals surface area (Å²) in [5.74, 6) is 2.17. The minimum atomic E-state index is -0.426. The molecule has 2 aliphatic rings. The molecular formula is C20H29ClIN3O2. The Morgan fingerprint density at radius 3 is 2.56 bits per heavy atom. The van der Waals surface area contributed by atoms with Crippen molar-refractivity contribution >= 4 is 46.1 Å². The number of ether oxygens (including phenoxy) is 1. The van der Waals surface area contributed by atoms with Crippen molar-refractivity contribution in [2.45, 2.75) is 64.5 Å². The summed E-state index contributed by atoms with van der Waals surface area (Å²) in [6.45, 7) is 7.42. The lowest BCUT2D eigenvalue weighted by Crippen LogP contribution is -2.36. The molecule has 1 aliphatic carbocycles.